The van der Waals surface area contributed by atoms with Crippen molar-refractivity contribution in [2.45, 2.75) is 32.7 Å². The van der Waals surface area contributed by atoms with Gasteiger partial charge in [0.05, 0.1) is 0 Å². The summed E-state index contributed by atoms with van der Waals surface area (Å²) in [7, 11) is 0. The first-order valence-corrected chi connectivity index (χ1v) is 5.37. The Morgan fingerprint density at radius 1 is 1.60 bits per heavy atom. The van der Waals surface area contributed by atoms with E-state index in [9.17, 15) is 0 Å². The molecule has 0 radical (unpaired) electrons. The zero-order valence-electron chi connectivity index (χ0n) is 9.46. The smallest absolute Gasteiger partial charge is 0.0375 e. The third-order valence-corrected chi connectivity index (χ3v) is 2.35. The highest BCUT2D eigenvalue weighted by molar-refractivity contribution is 5.19. The van der Waals surface area contributed by atoms with Crippen molar-refractivity contribution in [2.75, 3.05) is 6.54 Å². The summed E-state index contributed by atoms with van der Waals surface area (Å²) in [5, 5.41) is 3.44. The van der Waals surface area contributed by atoms with Gasteiger partial charge in [-0.2, -0.15) is 0 Å². The molecule has 1 unspecified atom stereocenters. The quantitative estimate of drug-likeness (QED) is 0.742. The molecule has 0 aliphatic rings. The first kappa shape index (κ1) is 11.7. The summed E-state index contributed by atoms with van der Waals surface area (Å²) in [6.07, 6.45) is 8.93. The molecule has 0 saturated heterocycles. The summed E-state index contributed by atoms with van der Waals surface area (Å²) < 4.78 is 0. The Morgan fingerprint density at radius 3 is 3.00 bits per heavy atom. The topological polar surface area (TPSA) is 24.9 Å². The Morgan fingerprint density at radius 2 is 2.40 bits per heavy atom. The molecule has 0 aromatic carbocycles. The maximum absolute atomic E-state index is 5.29. The van der Waals surface area contributed by atoms with E-state index >= 15 is 0 Å². The summed E-state index contributed by atoms with van der Waals surface area (Å²) in [6, 6.07) is 4.52. The molecule has 2 nitrogen and oxygen atoms in total. The molecule has 1 aromatic rings. The van der Waals surface area contributed by atoms with Gasteiger partial charge in [-0.15, -0.1) is 12.3 Å². The van der Waals surface area contributed by atoms with Gasteiger partial charge in [-0.05, 0) is 37.6 Å². The van der Waals surface area contributed by atoms with Crippen molar-refractivity contribution in [2.24, 2.45) is 0 Å². The number of nitrogens with one attached hydrogen (secondary N) is 1. The van der Waals surface area contributed by atoms with Crippen LogP contribution in [0.15, 0.2) is 18.3 Å². The molecule has 1 aromatic heterocycles. The average molecular weight is 202 g/mol. The molecule has 1 atom stereocenters. The van der Waals surface area contributed by atoms with E-state index in [1.807, 2.05) is 13.1 Å². The maximum atomic E-state index is 5.29. The van der Waals surface area contributed by atoms with Crippen molar-refractivity contribution >= 4 is 0 Å². The lowest BCUT2D eigenvalue weighted by Crippen LogP contribution is -2.20. The summed E-state index contributed by atoms with van der Waals surface area (Å²) in [6.45, 7) is 5.07. The fourth-order valence-electron chi connectivity index (χ4n) is 1.64. The Bertz CT molecular complexity index is 339. The molecule has 0 bridgehead atoms. The minimum atomic E-state index is 0.354. The van der Waals surface area contributed by atoms with Crippen LogP contribution in [0.25, 0.3) is 0 Å². The first-order valence-electron chi connectivity index (χ1n) is 5.37. The number of hydrogen-bond donors (Lipinski definition) is 1. The van der Waals surface area contributed by atoms with Gasteiger partial charge in [-0.25, -0.2) is 0 Å². The standard InChI is InChI=1S/C13H18N2/c1-4-6-7-13(14-5-2)12-8-9-15-11(3)10-12/h1,8-10,13-14H,5-7H2,2-3H3. The van der Waals surface area contributed by atoms with Crippen LogP contribution in [0.4, 0.5) is 0 Å². The molecule has 2 heteroatoms. The number of rotatable bonds is 5. The van der Waals surface area contributed by atoms with Crippen molar-refractivity contribution < 1.29 is 0 Å². The van der Waals surface area contributed by atoms with Crippen LogP contribution in [0.1, 0.15) is 37.1 Å². The maximum Gasteiger partial charge on any atom is 0.0375 e. The third-order valence-electron chi connectivity index (χ3n) is 2.35. The van der Waals surface area contributed by atoms with Gasteiger partial charge in [0.15, 0.2) is 0 Å². The molecule has 0 aliphatic heterocycles. The Labute approximate surface area is 92.1 Å². The monoisotopic (exact) mass is 202 g/mol. The molecule has 0 aliphatic carbocycles. The van der Waals surface area contributed by atoms with E-state index in [0.29, 0.717) is 6.04 Å². The van der Waals surface area contributed by atoms with E-state index in [0.717, 1.165) is 25.1 Å². The van der Waals surface area contributed by atoms with Crippen LogP contribution in [0.5, 0.6) is 0 Å². The zero-order valence-corrected chi connectivity index (χ0v) is 9.46. The molecular formula is C13H18N2. The Kier molecular flexibility index (Phi) is 4.86. The van der Waals surface area contributed by atoms with Crippen LogP contribution >= 0.6 is 0 Å². The fourth-order valence-corrected chi connectivity index (χ4v) is 1.64. The Hall–Kier alpha value is -1.33. The molecule has 0 amide bonds. The van der Waals surface area contributed by atoms with Gasteiger partial charge in [-0.3, -0.25) is 4.98 Å². The summed E-state index contributed by atoms with van der Waals surface area (Å²) >= 11 is 0. The van der Waals surface area contributed by atoms with E-state index in [2.05, 4.69) is 35.3 Å². The fraction of sp³-hybridized carbons (Fsp3) is 0.462. The van der Waals surface area contributed by atoms with E-state index in [4.69, 9.17) is 6.42 Å². The highest BCUT2D eigenvalue weighted by Crippen LogP contribution is 2.18. The molecular weight excluding hydrogens is 184 g/mol. The highest BCUT2D eigenvalue weighted by atomic mass is 14.9. The van der Waals surface area contributed by atoms with Crippen LogP contribution in [-0.2, 0) is 0 Å². The molecule has 0 saturated carbocycles. The van der Waals surface area contributed by atoms with Gasteiger partial charge in [0, 0.05) is 24.4 Å². The molecule has 80 valence electrons. The van der Waals surface area contributed by atoms with Gasteiger partial charge in [-0.1, -0.05) is 6.92 Å². The minimum Gasteiger partial charge on any atom is -0.310 e. The summed E-state index contributed by atoms with van der Waals surface area (Å²) in [5.74, 6) is 2.69. The normalized spacial score (nSPS) is 12.1. The van der Waals surface area contributed by atoms with Crippen LogP contribution in [0.3, 0.4) is 0 Å². The van der Waals surface area contributed by atoms with Gasteiger partial charge >= 0.3 is 0 Å². The van der Waals surface area contributed by atoms with Gasteiger partial charge in [0.1, 0.15) is 0 Å². The van der Waals surface area contributed by atoms with Crippen LogP contribution in [-0.4, -0.2) is 11.5 Å². The van der Waals surface area contributed by atoms with Gasteiger partial charge in [0.25, 0.3) is 0 Å². The average Bonchev–Trinajstić information content (AvgIpc) is 2.24. The lowest BCUT2D eigenvalue weighted by molar-refractivity contribution is 0.522. The van der Waals surface area contributed by atoms with Crippen molar-refractivity contribution in [3.63, 3.8) is 0 Å². The van der Waals surface area contributed by atoms with Crippen LogP contribution < -0.4 is 5.32 Å². The van der Waals surface area contributed by atoms with Crippen molar-refractivity contribution in [3.05, 3.63) is 29.6 Å². The van der Waals surface area contributed by atoms with Gasteiger partial charge < -0.3 is 5.32 Å². The van der Waals surface area contributed by atoms with Gasteiger partial charge in [0.2, 0.25) is 0 Å². The van der Waals surface area contributed by atoms with E-state index < -0.39 is 0 Å². The molecule has 1 rings (SSSR count). The van der Waals surface area contributed by atoms with E-state index in [-0.39, 0.29) is 0 Å². The number of hydrogen-bond acceptors (Lipinski definition) is 2. The Balaban J connectivity index is 2.74. The number of terminal acetylenes is 1. The molecule has 1 N–H and O–H groups in total. The molecule has 15 heavy (non-hydrogen) atoms. The lowest BCUT2D eigenvalue weighted by atomic mass is 10.0. The predicted molar refractivity (Wildman–Crippen MR) is 63.5 cm³/mol. The SMILES string of the molecule is C#CCCC(NCC)c1ccnc(C)c1. The number of aromatic nitrogens is 1. The second-order valence-corrected chi connectivity index (χ2v) is 3.58. The van der Waals surface area contributed by atoms with Crippen molar-refractivity contribution in [1.82, 2.24) is 10.3 Å². The minimum absolute atomic E-state index is 0.354. The number of pyridine rings is 1. The number of nitrogens with zero attached hydrogens (tertiary/aromatic N) is 1. The summed E-state index contributed by atoms with van der Waals surface area (Å²) in [5.41, 5.74) is 2.33. The second-order valence-electron chi connectivity index (χ2n) is 3.58. The number of aryl methyl sites for hydroxylation is 1. The van der Waals surface area contributed by atoms with Crippen molar-refractivity contribution in [3.8, 4) is 12.3 Å². The summed E-state index contributed by atoms with van der Waals surface area (Å²) in [4.78, 5) is 4.19. The molecule has 0 spiro atoms. The zero-order chi connectivity index (χ0) is 11.1. The second kappa shape index (κ2) is 6.21. The lowest BCUT2D eigenvalue weighted by Gasteiger charge is -2.17. The predicted octanol–water partition coefficient (Wildman–Crippen LogP) is 2.45. The molecule has 0 fully saturated rings. The van der Waals surface area contributed by atoms with Crippen molar-refractivity contribution in [1.29, 1.82) is 0 Å². The third kappa shape index (κ3) is 3.73. The van der Waals surface area contributed by atoms with E-state index in [1.54, 1.807) is 0 Å². The highest BCUT2D eigenvalue weighted by Gasteiger charge is 2.09. The van der Waals surface area contributed by atoms with Crippen LogP contribution in [0.2, 0.25) is 0 Å². The van der Waals surface area contributed by atoms with E-state index in [1.165, 1.54) is 5.56 Å². The largest absolute Gasteiger partial charge is 0.310 e. The first-order chi connectivity index (χ1) is 7.27. The van der Waals surface area contributed by atoms with Crippen LogP contribution in [0, 0.1) is 19.3 Å². The molecule has 1 heterocycles.